The number of thiophene rings is 1. The molecule has 3 aromatic rings. The van der Waals surface area contributed by atoms with Crippen LogP contribution >= 0.6 is 11.3 Å². The van der Waals surface area contributed by atoms with Gasteiger partial charge in [0.2, 0.25) is 5.76 Å². The van der Waals surface area contributed by atoms with E-state index >= 15 is 0 Å². The van der Waals surface area contributed by atoms with Crippen LogP contribution in [-0.2, 0) is 6.42 Å². The average Bonchev–Trinajstić information content (AvgIpc) is 3.50. The Morgan fingerprint density at radius 2 is 2.23 bits per heavy atom. The van der Waals surface area contributed by atoms with E-state index in [9.17, 15) is 9.59 Å². The van der Waals surface area contributed by atoms with E-state index in [1.165, 1.54) is 11.3 Å². The molecule has 1 saturated heterocycles. The van der Waals surface area contributed by atoms with Crippen LogP contribution in [0.5, 0.6) is 0 Å². The maximum atomic E-state index is 13.0. The first-order valence-corrected chi connectivity index (χ1v) is 11.3. The van der Waals surface area contributed by atoms with Crippen LogP contribution in [0.3, 0.4) is 0 Å². The molecule has 0 aliphatic carbocycles. The van der Waals surface area contributed by atoms with Crippen molar-refractivity contribution < 1.29 is 14.1 Å². The van der Waals surface area contributed by atoms with E-state index in [0.29, 0.717) is 24.5 Å². The van der Waals surface area contributed by atoms with Gasteiger partial charge in [0, 0.05) is 49.7 Å². The minimum Gasteiger partial charge on any atom is -0.351 e. The molecule has 8 nitrogen and oxygen atoms in total. The molecule has 1 fully saturated rings. The van der Waals surface area contributed by atoms with Crippen molar-refractivity contribution >= 4 is 33.4 Å². The fraction of sp³-hybridized carbons (Fsp3) is 0.455. The van der Waals surface area contributed by atoms with Gasteiger partial charge in [0.05, 0.1) is 10.6 Å². The summed E-state index contributed by atoms with van der Waals surface area (Å²) < 4.78 is 5.23. The lowest BCUT2D eigenvalue weighted by atomic mass is 9.95. The zero-order chi connectivity index (χ0) is 22.0. The van der Waals surface area contributed by atoms with Crippen LogP contribution in [0.1, 0.15) is 50.7 Å². The van der Waals surface area contributed by atoms with Gasteiger partial charge in [-0.25, -0.2) is 4.98 Å². The van der Waals surface area contributed by atoms with E-state index in [0.717, 1.165) is 40.9 Å². The van der Waals surface area contributed by atoms with E-state index < -0.39 is 0 Å². The number of likely N-dealkylation sites (N-methyl/N-ethyl adjacent to an activating group) is 1. The summed E-state index contributed by atoms with van der Waals surface area (Å²) in [6.07, 6.45) is 3.26. The summed E-state index contributed by atoms with van der Waals surface area (Å²) in [6.45, 7) is 4.48. The highest BCUT2D eigenvalue weighted by atomic mass is 32.1. The molecule has 1 atom stereocenters. The van der Waals surface area contributed by atoms with Crippen molar-refractivity contribution in [2.45, 2.75) is 25.7 Å². The number of aromatic nitrogens is 2. The van der Waals surface area contributed by atoms with Gasteiger partial charge in [-0.05, 0) is 38.6 Å². The molecule has 0 saturated carbocycles. The molecule has 1 aliphatic rings. The Bertz CT molecular complexity index is 1090. The Morgan fingerprint density at radius 3 is 2.97 bits per heavy atom. The molecule has 1 N–H and O–H groups in total. The SMILES string of the molecule is CCc1cc(C(=O)N2CC[C@H](c3c(C(=O)NCCN(C)C)sc4ncccc34)C2)on1. The zero-order valence-electron chi connectivity index (χ0n) is 18.1. The number of fused-ring (bicyclic) bond motifs is 1. The van der Waals surface area contributed by atoms with Crippen molar-refractivity contribution in [2.75, 3.05) is 40.3 Å². The molecule has 0 radical (unpaired) electrons. The Kier molecular flexibility index (Phi) is 6.33. The minimum absolute atomic E-state index is 0.0741. The molecule has 0 bridgehead atoms. The molecular weight excluding hydrogens is 414 g/mol. The second kappa shape index (κ2) is 9.15. The van der Waals surface area contributed by atoms with E-state index in [1.807, 2.05) is 38.1 Å². The summed E-state index contributed by atoms with van der Waals surface area (Å²) in [4.78, 5) is 35.7. The van der Waals surface area contributed by atoms with E-state index in [-0.39, 0.29) is 23.5 Å². The average molecular weight is 442 g/mol. The molecule has 2 amide bonds. The lowest BCUT2D eigenvalue weighted by Crippen LogP contribution is -2.31. The van der Waals surface area contributed by atoms with Gasteiger partial charge < -0.3 is 19.6 Å². The molecule has 0 aromatic carbocycles. The number of nitrogens with zero attached hydrogens (tertiary/aromatic N) is 4. The van der Waals surface area contributed by atoms with Crippen LogP contribution in [0.2, 0.25) is 0 Å². The molecule has 1 aliphatic heterocycles. The largest absolute Gasteiger partial charge is 0.351 e. The summed E-state index contributed by atoms with van der Waals surface area (Å²) in [7, 11) is 3.95. The molecule has 4 heterocycles. The van der Waals surface area contributed by atoms with Crippen LogP contribution in [-0.4, -0.2) is 72.0 Å². The second-order valence-electron chi connectivity index (χ2n) is 8.03. The first-order valence-electron chi connectivity index (χ1n) is 10.5. The smallest absolute Gasteiger partial charge is 0.292 e. The van der Waals surface area contributed by atoms with Crippen molar-refractivity contribution in [1.29, 1.82) is 0 Å². The Balaban J connectivity index is 1.57. The molecule has 3 aromatic heterocycles. The van der Waals surface area contributed by atoms with Crippen molar-refractivity contribution in [2.24, 2.45) is 0 Å². The first kappa shape index (κ1) is 21.5. The zero-order valence-corrected chi connectivity index (χ0v) is 18.9. The van der Waals surface area contributed by atoms with Gasteiger partial charge in [-0.15, -0.1) is 11.3 Å². The first-order chi connectivity index (χ1) is 15.0. The monoisotopic (exact) mass is 441 g/mol. The predicted octanol–water partition coefficient (Wildman–Crippen LogP) is 2.77. The summed E-state index contributed by atoms with van der Waals surface area (Å²) in [6, 6.07) is 5.62. The fourth-order valence-electron chi connectivity index (χ4n) is 3.91. The van der Waals surface area contributed by atoms with Crippen LogP contribution in [0.25, 0.3) is 10.2 Å². The Labute approximate surface area is 185 Å². The van der Waals surface area contributed by atoms with Gasteiger partial charge in [0.15, 0.2) is 0 Å². The highest BCUT2D eigenvalue weighted by molar-refractivity contribution is 7.20. The lowest BCUT2D eigenvalue weighted by molar-refractivity contribution is 0.0749. The highest BCUT2D eigenvalue weighted by Crippen LogP contribution is 2.39. The van der Waals surface area contributed by atoms with Gasteiger partial charge in [-0.2, -0.15) is 0 Å². The van der Waals surface area contributed by atoms with E-state index in [1.54, 1.807) is 17.2 Å². The fourth-order valence-corrected chi connectivity index (χ4v) is 5.06. The topological polar surface area (TPSA) is 91.6 Å². The molecule has 31 heavy (non-hydrogen) atoms. The van der Waals surface area contributed by atoms with Crippen LogP contribution < -0.4 is 5.32 Å². The second-order valence-corrected chi connectivity index (χ2v) is 9.03. The number of hydrogen-bond donors (Lipinski definition) is 1. The number of aryl methyl sites for hydroxylation is 1. The number of likely N-dealkylation sites (tertiary alicyclic amines) is 1. The van der Waals surface area contributed by atoms with Crippen molar-refractivity contribution in [3.8, 4) is 0 Å². The third-order valence-electron chi connectivity index (χ3n) is 5.57. The molecule has 4 rings (SSSR count). The van der Waals surface area contributed by atoms with Crippen molar-refractivity contribution in [1.82, 2.24) is 25.3 Å². The third kappa shape index (κ3) is 4.47. The lowest BCUT2D eigenvalue weighted by Gasteiger charge is -2.16. The molecule has 9 heteroatoms. The maximum absolute atomic E-state index is 13.0. The molecule has 164 valence electrons. The third-order valence-corrected chi connectivity index (χ3v) is 6.70. The van der Waals surface area contributed by atoms with Gasteiger partial charge in [-0.1, -0.05) is 18.1 Å². The number of hydrogen-bond acceptors (Lipinski definition) is 7. The Morgan fingerprint density at radius 1 is 1.39 bits per heavy atom. The number of pyridine rings is 1. The van der Waals surface area contributed by atoms with Crippen LogP contribution in [0.15, 0.2) is 28.9 Å². The summed E-state index contributed by atoms with van der Waals surface area (Å²) in [5, 5.41) is 7.95. The van der Waals surface area contributed by atoms with Crippen LogP contribution in [0.4, 0.5) is 0 Å². The van der Waals surface area contributed by atoms with Crippen molar-refractivity contribution in [3.63, 3.8) is 0 Å². The van der Waals surface area contributed by atoms with Gasteiger partial charge in [-0.3, -0.25) is 9.59 Å². The number of rotatable bonds is 7. The molecule has 0 unspecified atom stereocenters. The predicted molar refractivity (Wildman–Crippen MR) is 120 cm³/mol. The van der Waals surface area contributed by atoms with Crippen molar-refractivity contribution in [3.05, 3.63) is 46.3 Å². The summed E-state index contributed by atoms with van der Waals surface area (Å²) in [5.41, 5.74) is 1.77. The highest BCUT2D eigenvalue weighted by Gasteiger charge is 2.34. The normalized spacial score (nSPS) is 16.4. The maximum Gasteiger partial charge on any atom is 0.292 e. The Hall–Kier alpha value is -2.78. The standard InChI is InChI=1S/C22H27N5O3S/c1-4-15-12-17(30-25-15)22(29)27-10-7-14(13-27)18-16-6-5-8-24-21(16)31-19(18)20(28)23-9-11-26(2)3/h5-6,8,12,14H,4,7,9-11,13H2,1-3H3,(H,23,28)/t14-/m0/s1. The van der Waals surface area contributed by atoms with Gasteiger partial charge >= 0.3 is 0 Å². The van der Waals surface area contributed by atoms with E-state index in [4.69, 9.17) is 4.52 Å². The molecular formula is C22H27N5O3S. The summed E-state index contributed by atoms with van der Waals surface area (Å²) in [5.74, 6) is 0.123. The number of carbonyl (C=O) groups excluding carboxylic acids is 2. The van der Waals surface area contributed by atoms with Gasteiger partial charge in [0.25, 0.3) is 11.8 Å². The van der Waals surface area contributed by atoms with Gasteiger partial charge in [0.1, 0.15) is 4.83 Å². The number of carbonyl (C=O) groups is 2. The van der Waals surface area contributed by atoms with Crippen LogP contribution in [0, 0.1) is 0 Å². The number of amides is 2. The van der Waals surface area contributed by atoms with E-state index in [2.05, 4.69) is 15.5 Å². The number of nitrogens with one attached hydrogen (secondary N) is 1. The molecule has 0 spiro atoms. The quantitative estimate of drug-likeness (QED) is 0.606. The summed E-state index contributed by atoms with van der Waals surface area (Å²) >= 11 is 1.42. The minimum atomic E-state index is -0.149.